The fraction of sp³-hybridized carbons (Fsp3) is 0.500. The molecule has 1 rings (SSSR count). The standard InChI is InChI=1S/C10H14ClN3O2/c1-10(2,3)13-8(15)5-14-6-12-7(11)4-9(14)16/h4,6H,5H2,1-3H3,(H,13,15). The molecule has 1 aromatic heterocycles. The van der Waals surface area contributed by atoms with Gasteiger partial charge in [0.1, 0.15) is 11.7 Å². The summed E-state index contributed by atoms with van der Waals surface area (Å²) >= 11 is 5.53. The van der Waals surface area contributed by atoms with Crippen LogP contribution in [0.5, 0.6) is 0 Å². The Morgan fingerprint density at radius 1 is 1.56 bits per heavy atom. The zero-order chi connectivity index (χ0) is 12.3. The molecule has 88 valence electrons. The van der Waals surface area contributed by atoms with E-state index in [0.717, 1.165) is 0 Å². The van der Waals surface area contributed by atoms with Crippen molar-refractivity contribution >= 4 is 17.5 Å². The first-order valence-corrected chi connectivity index (χ1v) is 5.19. The number of amides is 1. The number of hydrogen-bond donors (Lipinski definition) is 1. The van der Waals surface area contributed by atoms with Gasteiger partial charge in [0.05, 0.1) is 6.33 Å². The fourth-order valence-corrected chi connectivity index (χ4v) is 1.27. The van der Waals surface area contributed by atoms with Gasteiger partial charge in [0.25, 0.3) is 5.56 Å². The molecule has 1 heterocycles. The molecule has 0 aliphatic carbocycles. The van der Waals surface area contributed by atoms with E-state index in [1.54, 1.807) is 0 Å². The van der Waals surface area contributed by atoms with Crippen molar-refractivity contribution in [3.63, 3.8) is 0 Å². The molecule has 5 nitrogen and oxygen atoms in total. The molecule has 6 heteroatoms. The van der Waals surface area contributed by atoms with E-state index in [4.69, 9.17) is 11.6 Å². The van der Waals surface area contributed by atoms with Crippen molar-refractivity contribution in [3.05, 3.63) is 27.9 Å². The average Bonchev–Trinajstić information content (AvgIpc) is 2.06. The van der Waals surface area contributed by atoms with Gasteiger partial charge in [-0.15, -0.1) is 0 Å². The monoisotopic (exact) mass is 243 g/mol. The highest BCUT2D eigenvalue weighted by molar-refractivity contribution is 6.29. The molecule has 0 aliphatic rings. The average molecular weight is 244 g/mol. The second-order valence-electron chi connectivity index (χ2n) is 4.48. The second-order valence-corrected chi connectivity index (χ2v) is 4.86. The first kappa shape index (κ1) is 12.7. The third-order valence-corrected chi connectivity index (χ3v) is 1.88. The van der Waals surface area contributed by atoms with Crippen LogP contribution in [0.4, 0.5) is 0 Å². The van der Waals surface area contributed by atoms with Crippen LogP contribution in [0, 0.1) is 0 Å². The summed E-state index contributed by atoms with van der Waals surface area (Å²) in [7, 11) is 0. The third kappa shape index (κ3) is 4.02. The predicted molar refractivity (Wildman–Crippen MR) is 61.4 cm³/mol. The van der Waals surface area contributed by atoms with Crippen LogP contribution in [0.1, 0.15) is 20.8 Å². The molecule has 0 saturated heterocycles. The van der Waals surface area contributed by atoms with Crippen molar-refractivity contribution in [2.45, 2.75) is 32.9 Å². The van der Waals surface area contributed by atoms with E-state index in [1.807, 2.05) is 20.8 Å². The van der Waals surface area contributed by atoms with Gasteiger partial charge in [-0.05, 0) is 20.8 Å². The molecule has 0 aromatic carbocycles. The quantitative estimate of drug-likeness (QED) is 0.782. The number of rotatable bonds is 2. The minimum Gasteiger partial charge on any atom is -0.350 e. The molecule has 1 N–H and O–H groups in total. The first-order valence-electron chi connectivity index (χ1n) is 4.81. The van der Waals surface area contributed by atoms with E-state index in [0.29, 0.717) is 0 Å². The summed E-state index contributed by atoms with van der Waals surface area (Å²) in [4.78, 5) is 26.7. The van der Waals surface area contributed by atoms with E-state index in [-0.39, 0.29) is 28.7 Å². The van der Waals surface area contributed by atoms with E-state index in [2.05, 4.69) is 10.3 Å². The van der Waals surface area contributed by atoms with Gasteiger partial charge < -0.3 is 5.32 Å². The van der Waals surface area contributed by atoms with Gasteiger partial charge in [0.15, 0.2) is 0 Å². The van der Waals surface area contributed by atoms with Crippen LogP contribution in [0.3, 0.4) is 0 Å². The van der Waals surface area contributed by atoms with Crippen LogP contribution in [0.2, 0.25) is 5.15 Å². The van der Waals surface area contributed by atoms with Crippen LogP contribution in [0.15, 0.2) is 17.2 Å². The summed E-state index contributed by atoms with van der Waals surface area (Å²) < 4.78 is 1.20. The Balaban J connectivity index is 2.74. The summed E-state index contributed by atoms with van der Waals surface area (Å²) in [5.74, 6) is -0.237. The number of hydrogen-bond acceptors (Lipinski definition) is 3. The highest BCUT2D eigenvalue weighted by Crippen LogP contribution is 1.99. The normalized spacial score (nSPS) is 11.2. The first-order chi connectivity index (χ1) is 7.28. The third-order valence-electron chi connectivity index (χ3n) is 1.67. The second kappa shape index (κ2) is 4.65. The highest BCUT2D eigenvalue weighted by atomic mass is 35.5. The number of halogens is 1. The van der Waals surface area contributed by atoms with Crippen molar-refractivity contribution < 1.29 is 4.79 Å². The van der Waals surface area contributed by atoms with Gasteiger partial charge in [0, 0.05) is 11.6 Å². The van der Waals surface area contributed by atoms with Crippen molar-refractivity contribution in [3.8, 4) is 0 Å². The molecule has 0 radical (unpaired) electrons. The van der Waals surface area contributed by atoms with Crippen LogP contribution in [-0.4, -0.2) is 21.0 Å². The van der Waals surface area contributed by atoms with Gasteiger partial charge in [-0.3, -0.25) is 14.2 Å². The maximum atomic E-state index is 11.5. The maximum Gasteiger partial charge on any atom is 0.255 e. The van der Waals surface area contributed by atoms with Crippen LogP contribution in [0.25, 0.3) is 0 Å². The van der Waals surface area contributed by atoms with E-state index in [1.165, 1.54) is 17.0 Å². The zero-order valence-electron chi connectivity index (χ0n) is 9.45. The molecule has 0 saturated carbocycles. The fourth-order valence-electron chi connectivity index (χ4n) is 1.14. The number of carbonyl (C=O) groups is 1. The molecule has 0 atom stereocenters. The summed E-state index contributed by atoms with van der Waals surface area (Å²) in [5.41, 5.74) is -0.662. The molecule has 0 bridgehead atoms. The lowest BCUT2D eigenvalue weighted by Gasteiger charge is -2.20. The SMILES string of the molecule is CC(C)(C)NC(=O)Cn1cnc(Cl)cc1=O. The van der Waals surface area contributed by atoms with Gasteiger partial charge in [-0.2, -0.15) is 0 Å². The topological polar surface area (TPSA) is 64.0 Å². The lowest BCUT2D eigenvalue weighted by atomic mass is 10.1. The molecule has 1 amide bonds. The number of nitrogens with zero attached hydrogens (tertiary/aromatic N) is 2. The molecule has 16 heavy (non-hydrogen) atoms. The minimum atomic E-state index is -0.343. The Morgan fingerprint density at radius 2 is 2.19 bits per heavy atom. The molecule has 0 fully saturated rings. The molecular weight excluding hydrogens is 230 g/mol. The van der Waals surface area contributed by atoms with Crippen LogP contribution >= 0.6 is 11.6 Å². The number of carbonyl (C=O) groups excluding carboxylic acids is 1. The Labute approximate surface area is 98.4 Å². The predicted octanol–water partition coefficient (Wildman–Crippen LogP) is 0.811. The lowest BCUT2D eigenvalue weighted by molar-refractivity contribution is -0.123. The van der Waals surface area contributed by atoms with Gasteiger partial charge in [-0.25, -0.2) is 4.98 Å². The summed E-state index contributed by atoms with van der Waals surface area (Å²) in [6, 6.07) is 1.17. The van der Waals surface area contributed by atoms with Crippen LogP contribution < -0.4 is 10.9 Å². The van der Waals surface area contributed by atoms with E-state index in [9.17, 15) is 9.59 Å². The van der Waals surface area contributed by atoms with E-state index >= 15 is 0 Å². The van der Waals surface area contributed by atoms with Crippen molar-refractivity contribution in [2.75, 3.05) is 0 Å². The van der Waals surface area contributed by atoms with E-state index < -0.39 is 0 Å². The van der Waals surface area contributed by atoms with Gasteiger partial charge in [-0.1, -0.05) is 11.6 Å². The van der Waals surface area contributed by atoms with Gasteiger partial charge >= 0.3 is 0 Å². The molecular formula is C10H14ClN3O2. The summed E-state index contributed by atoms with van der Waals surface area (Å²) in [5, 5.41) is 2.87. The number of nitrogens with one attached hydrogen (secondary N) is 1. The molecule has 0 unspecified atom stereocenters. The number of aromatic nitrogens is 2. The smallest absolute Gasteiger partial charge is 0.255 e. The Hall–Kier alpha value is -1.36. The molecule has 1 aromatic rings. The highest BCUT2D eigenvalue weighted by Gasteiger charge is 2.14. The van der Waals surface area contributed by atoms with Crippen molar-refractivity contribution in [1.82, 2.24) is 14.9 Å². The van der Waals surface area contributed by atoms with Crippen molar-refractivity contribution in [1.29, 1.82) is 0 Å². The minimum absolute atomic E-state index is 0.0553. The molecule has 0 aliphatic heterocycles. The van der Waals surface area contributed by atoms with Gasteiger partial charge in [0.2, 0.25) is 5.91 Å². The maximum absolute atomic E-state index is 11.5. The largest absolute Gasteiger partial charge is 0.350 e. The Kier molecular flexibility index (Phi) is 3.70. The van der Waals surface area contributed by atoms with Crippen molar-refractivity contribution in [2.24, 2.45) is 0 Å². The Morgan fingerprint density at radius 3 is 2.69 bits per heavy atom. The van der Waals surface area contributed by atoms with Crippen LogP contribution in [-0.2, 0) is 11.3 Å². The zero-order valence-corrected chi connectivity index (χ0v) is 10.2. The summed E-state index contributed by atoms with van der Waals surface area (Å²) in [6.45, 7) is 5.55. The molecule has 0 spiro atoms. The Bertz CT molecular complexity index is 448. The summed E-state index contributed by atoms with van der Waals surface area (Å²) in [6.07, 6.45) is 1.26. The lowest BCUT2D eigenvalue weighted by Crippen LogP contribution is -2.43.